The van der Waals surface area contributed by atoms with Crippen LogP contribution in [-0.4, -0.2) is 35.3 Å². The fourth-order valence-corrected chi connectivity index (χ4v) is 2.16. The summed E-state index contributed by atoms with van der Waals surface area (Å²) < 4.78 is 6.32. The summed E-state index contributed by atoms with van der Waals surface area (Å²) in [5.41, 5.74) is 0. The van der Waals surface area contributed by atoms with Crippen molar-refractivity contribution in [3.63, 3.8) is 0 Å². The summed E-state index contributed by atoms with van der Waals surface area (Å²) in [6.07, 6.45) is 2.27. The number of nitrogens with one attached hydrogen (secondary N) is 1. The van der Waals surface area contributed by atoms with Gasteiger partial charge in [0.25, 0.3) is 0 Å². The molecule has 2 heterocycles. The van der Waals surface area contributed by atoms with E-state index in [1.165, 1.54) is 0 Å². The van der Waals surface area contributed by atoms with Gasteiger partial charge in [-0.2, -0.15) is 0 Å². The van der Waals surface area contributed by atoms with Gasteiger partial charge in [0.15, 0.2) is 0 Å². The number of halogens is 1. The first kappa shape index (κ1) is 12.3. The Morgan fingerprint density at radius 2 is 2.53 bits per heavy atom. The van der Waals surface area contributed by atoms with Gasteiger partial charge in [-0.05, 0) is 28.4 Å². The maximum Gasteiger partial charge on any atom is 0.320 e. The number of carboxylic acids is 1. The Labute approximate surface area is 107 Å². The number of aromatic nitrogens is 1. The third-order valence-electron chi connectivity index (χ3n) is 2.70. The predicted molar refractivity (Wildman–Crippen MR) is 65.0 cm³/mol. The maximum absolute atomic E-state index is 10.7. The van der Waals surface area contributed by atoms with Crippen molar-refractivity contribution >= 4 is 21.9 Å². The van der Waals surface area contributed by atoms with Crippen molar-refractivity contribution in [1.29, 1.82) is 0 Å². The second kappa shape index (κ2) is 5.46. The Morgan fingerprint density at radius 1 is 1.71 bits per heavy atom. The van der Waals surface area contributed by atoms with Crippen molar-refractivity contribution in [2.45, 2.75) is 12.5 Å². The molecule has 1 saturated heterocycles. The number of ether oxygens (including phenoxy) is 1. The van der Waals surface area contributed by atoms with Crippen molar-refractivity contribution < 1.29 is 14.6 Å². The van der Waals surface area contributed by atoms with Crippen molar-refractivity contribution in [2.75, 3.05) is 13.2 Å². The number of rotatable bonds is 4. The van der Waals surface area contributed by atoms with Gasteiger partial charge >= 0.3 is 5.97 Å². The Hall–Kier alpha value is -1.14. The zero-order valence-corrected chi connectivity index (χ0v) is 10.7. The van der Waals surface area contributed by atoms with Crippen LogP contribution in [-0.2, 0) is 4.79 Å². The molecule has 0 spiro atoms. The lowest BCUT2D eigenvalue weighted by Crippen LogP contribution is -2.29. The molecule has 1 aliphatic rings. The summed E-state index contributed by atoms with van der Waals surface area (Å²) in [5.74, 6) is 0.188. The molecule has 0 radical (unpaired) electrons. The van der Waals surface area contributed by atoms with E-state index in [9.17, 15) is 4.79 Å². The van der Waals surface area contributed by atoms with Crippen LogP contribution in [0.4, 0.5) is 0 Å². The Balaban J connectivity index is 1.82. The Bertz CT molecular complexity index is 413. The highest BCUT2D eigenvalue weighted by Crippen LogP contribution is 2.19. The SMILES string of the molecule is O=C(O)C1CC(COc2ccnc(Br)c2)CN1. The lowest BCUT2D eigenvalue weighted by Gasteiger charge is -2.10. The normalized spacial score (nSPS) is 23.6. The van der Waals surface area contributed by atoms with Crippen LogP contribution >= 0.6 is 15.9 Å². The van der Waals surface area contributed by atoms with E-state index in [0.29, 0.717) is 19.6 Å². The van der Waals surface area contributed by atoms with E-state index in [1.807, 2.05) is 0 Å². The number of nitrogens with zero attached hydrogens (tertiary/aromatic N) is 1. The van der Waals surface area contributed by atoms with E-state index in [1.54, 1.807) is 18.3 Å². The second-order valence-corrected chi connectivity index (χ2v) is 4.84. The third-order valence-corrected chi connectivity index (χ3v) is 3.14. The summed E-state index contributed by atoms with van der Waals surface area (Å²) in [5, 5.41) is 11.8. The number of carbonyl (C=O) groups is 1. The largest absolute Gasteiger partial charge is 0.493 e. The highest BCUT2D eigenvalue weighted by molar-refractivity contribution is 9.10. The smallest absolute Gasteiger partial charge is 0.320 e. The van der Waals surface area contributed by atoms with Gasteiger partial charge < -0.3 is 15.2 Å². The minimum absolute atomic E-state index is 0.239. The molecule has 1 aliphatic heterocycles. The third kappa shape index (κ3) is 3.41. The monoisotopic (exact) mass is 300 g/mol. The molecule has 17 heavy (non-hydrogen) atoms. The molecule has 0 aliphatic carbocycles. The molecule has 1 fully saturated rings. The number of carboxylic acid groups (broad SMARTS) is 1. The van der Waals surface area contributed by atoms with Crippen LogP contribution in [0.25, 0.3) is 0 Å². The topological polar surface area (TPSA) is 71.5 Å². The first-order chi connectivity index (χ1) is 8.15. The van der Waals surface area contributed by atoms with Crippen molar-refractivity contribution in [3.8, 4) is 5.75 Å². The second-order valence-electron chi connectivity index (χ2n) is 4.03. The van der Waals surface area contributed by atoms with E-state index in [0.717, 1.165) is 10.4 Å². The Morgan fingerprint density at radius 3 is 3.18 bits per heavy atom. The molecule has 1 aromatic rings. The molecule has 1 aromatic heterocycles. The fourth-order valence-electron chi connectivity index (χ4n) is 1.81. The average Bonchev–Trinajstić information content (AvgIpc) is 2.75. The van der Waals surface area contributed by atoms with Gasteiger partial charge in [-0.1, -0.05) is 0 Å². The van der Waals surface area contributed by atoms with E-state index in [2.05, 4.69) is 26.2 Å². The molecule has 5 nitrogen and oxygen atoms in total. The molecule has 0 bridgehead atoms. The van der Waals surface area contributed by atoms with E-state index >= 15 is 0 Å². The first-order valence-electron chi connectivity index (χ1n) is 5.35. The van der Waals surface area contributed by atoms with Gasteiger partial charge in [0, 0.05) is 24.7 Å². The lowest BCUT2D eigenvalue weighted by atomic mass is 10.1. The number of hydrogen-bond donors (Lipinski definition) is 2. The summed E-state index contributed by atoms with van der Waals surface area (Å²) in [6.45, 7) is 1.20. The van der Waals surface area contributed by atoms with Crippen LogP contribution < -0.4 is 10.1 Å². The molecule has 2 N–H and O–H groups in total. The number of hydrogen-bond acceptors (Lipinski definition) is 4. The molecule has 2 unspecified atom stereocenters. The van der Waals surface area contributed by atoms with Crippen molar-refractivity contribution in [1.82, 2.24) is 10.3 Å². The lowest BCUT2D eigenvalue weighted by molar-refractivity contribution is -0.139. The first-order valence-corrected chi connectivity index (χ1v) is 6.15. The summed E-state index contributed by atoms with van der Waals surface area (Å²) >= 11 is 3.26. The Kier molecular flexibility index (Phi) is 3.96. The van der Waals surface area contributed by atoms with Crippen LogP contribution in [0, 0.1) is 5.92 Å². The molecular weight excluding hydrogens is 288 g/mol. The van der Waals surface area contributed by atoms with Gasteiger partial charge in [0.1, 0.15) is 16.4 Å². The van der Waals surface area contributed by atoms with Gasteiger partial charge in [-0.3, -0.25) is 4.79 Å². The summed E-state index contributed by atoms with van der Waals surface area (Å²) in [4.78, 5) is 14.7. The number of aliphatic carboxylic acids is 1. The average molecular weight is 301 g/mol. The van der Waals surface area contributed by atoms with Crippen LogP contribution in [0.2, 0.25) is 0 Å². The standard InChI is InChI=1S/C11H13BrN2O3/c12-10-4-8(1-2-13-10)17-6-7-3-9(11(15)16)14-5-7/h1-2,4,7,9,14H,3,5-6H2,(H,15,16). The summed E-state index contributed by atoms with van der Waals surface area (Å²) in [7, 11) is 0. The summed E-state index contributed by atoms with van der Waals surface area (Å²) in [6, 6.07) is 3.13. The van der Waals surface area contributed by atoms with Crippen LogP contribution in [0.3, 0.4) is 0 Å². The molecular formula is C11H13BrN2O3. The van der Waals surface area contributed by atoms with E-state index in [4.69, 9.17) is 9.84 Å². The molecule has 2 atom stereocenters. The van der Waals surface area contributed by atoms with Gasteiger partial charge in [0.2, 0.25) is 0 Å². The van der Waals surface area contributed by atoms with E-state index in [-0.39, 0.29) is 5.92 Å². The number of pyridine rings is 1. The van der Waals surface area contributed by atoms with Gasteiger partial charge in [-0.15, -0.1) is 0 Å². The van der Waals surface area contributed by atoms with E-state index < -0.39 is 12.0 Å². The predicted octanol–water partition coefficient (Wildman–Crippen LogP) is 1.29. The molecule has 6 heteroatoms. The van der Waals surface area contributed by atoms with Crippen molar-refractivity contribution in [3.05, 3.63) is 22.9 Å². The van der Waals surface area contributed by atoms with Gasteiger partial charge in [-0.25, -0.2) is 4.98 Å². The van der Waals surface area contributed by atoms with Crippen molar-refractivity contribution in [2.24, 2.45) is 5.92 Å². The van der Waals surface area contributed by atoms with Gasteiger partial charge in [0.05, 0.1) is 6.61 Å². The molecule has 92 valence electrons. The molecule has 0 amide bonds. The van der Waals surface area contributed by atoms with Crippen LogP contribution in [0.15, 0.2) is 22.9 Å². The minimum Gasteiger partial charge on any atom is -0.493 e. The molecule has 0 saturated carbocycles. The highest BCUT2D eigenvalue weighted by Gasteiger charge is 2.29. The molecule has 0 aromatic carbocycles. The molecule has 2 rings (SSSR count). The fraction of sp³-hybridized carbons (Fsp3) is 0.455. The van der Waals surface area contributed by atoms with Crippen LogP contribution in [0.1, 0.15) is 6.42 Å². The zero-order chi connectivity index (χ0) is 12.3. The maximum atomic E-state index is 10.7. The minimum atomic E-state index is -0.792. The highest BCUT2D eigenvalue weighted by atomic mass is 79.9. The zero-order valence-electron chi connectivity index (χ0n) is 9.10. The van der Waals surface area contributed by atoms with Crippen LogP contribution in [0.5, 0.6) is 5.75 Å². The quantitative estimate of drug-likeness (QED) is 0.820.